The van der Waals surface area contributed by atoms with Crippen LogP contribution in [0.15, 0.2) is 54.7 Å². The minimum absolute atomic E-state index is 0.268. The van der Waals surface area contributed by atoms with Crippen molar-refractivity contribution in [2.45, 2.75) is 25.7 Å². The summed E-state index contributed by atoms with van der Waals surface area (Å²) in [5.74, 6) is -5.52. The average molecular weight is 634 g/mol. The highest BCUT2D eigenvalue weighted by molar-refractivity contribution is 7.19. The van der Waals surface area contributed by atoms with Crippen LogP contribution in [0, 0.1) is 0 Å². The fourth-order valence-corrected chi connectivity index (χ4v) is 3.77. The predicted molar refractivity (Wildman–Crippen MR) is 143 cm³/mol. The number of halogens is 6. The smallest absolute Gasteiger partial charge is 0.475 e. The molecule has 7 N–H and O–H groups in total. The van der Waals surface area contributed by atoms with Gasteiger partial charge in [-0.25, -0.2) is 14.6 Å². The molecule has 2 heterocycles. The molecule has 18 heteroatoms. The largest absolute Gasteiger partial charge is 0.490 e. The van der Waals surface area contributed by atoms with Crippen LogP contribution in [0.25, 0.3) is 10.3 Å². The second-order valence-electron chi connectivity index (χ2n) is 7.96. The number of aliphatic carboxylic acids is 2. The van der Waals surface area contributed by atoms with E-state index < -0.39 is 30.2 Å². The fourth-order valence-electron chi connectivity index (χ4n) is 2.98. The lowest BCUT2D eigenvalue weighted by Gasteiger charge is -2.13. The summed E-state index contributed by atoms with van der Waals surface area (Å²) in [4.78, 5) is 39.3. The zero-order valence-corrected chi connectivity index (χ0v) is 22.5. The molecule has 230 valence electrons. The Morgan fingerprint density at radius 2 is 1.56 bits per heavy atom. The third-order valence-corrected chi connectivity index (χ3v) is 5.72. The van der Waals surface area contributed by atoms with E-state index in [4.69, 9.17) is 36.0 Å². The van der Waals surface area contributed by atoms with Crippen molar-refractivity contribution in [3.63, 3.8) is 0 Å². The molecule has 0 saturated heterocycles. The van der Waals surface area contributed by atoms with Crippen LogP contribution in [0.2, 0.25) is 0 Å². The molecule has 0 radical (unpaired) electrons. The molecule has 4 rings (SSSR count). The van der Waals surface area contributed by atoms with Gasteiger partial charge >= 0.3 is 24.3 Å². The summed E-state index contributed by atoms with van der Waals surface area (Å²) < 4.78 is 69.3. The van der Waals surface area contributed by atoms with Crippen molar-refractivity contribution in [2.24, 2.45) is 5.73 Å². The number of amides is 1. The van der Waals surface area contributed by atoms with Gasteiger partial charge in [0.15, 0.2) is 0 Å². The first-order valence-corrected chi connectivity index (χ1v) is 12.3. The Morgan fingerprint density at radius 1 is 0.977 bits per heavy atom. The maximum atomic E-state index is 12.0. The first-order chi connectivity index (χ1) is 19.9. The number of rotatable bonds is 6. The number of carboxylic acid groups (broad SMARTS) is 2. The van der Waals surface area contributed by atoms with Gasteiger partial charge in [-0.2, -0.15) is 31.3 Å². The molecule has 0 unspecified atom stereocenters. The van der Waals surface area contributed by atoms with Gasteiger partial charge in [0.1, 0.15) is 16.1 Å². The summed E-state index contributed by atoms with van der Waals surface area (Å²) in [6.45, 7) is 2.07. The van der Waals surface area contributed by atoms with Gasteiger partial charge in [0, 0.05) is 23.6 Å². The van der Waals surface area contributed by atoms with Gasteiger partial charge in [-0.05, 0) is 30.2 Å². The molecular weight excluding hydrogens is 612 g/mol. The summed E-state index contributed by atoms with van der Waals surface area (Å²) in [5.41, 5.74) is 15.3. The van der Waals surface area contributed by atoms with Crippen molar-refractivity contribution < 1.29 is 55.7 Å². The minimum atomic E-state index is -5.08. The number of aromatic nitrogens is 2. The highest BCUT2D eigenvalue weighted by Gasteiger charge is 2.38. The number of ether oxygens (including phenoxy) is 1. The number of para-hydroxylation sites is 1. The number of nitrogens with two attached hydrogens (primary N) is 2. The molecule has 0 atom stereocenters. The topological polar surface area (TPSA) is 191 Å². The third kappa shape index (κ3) is 10.0. The van der Waals surface area contributed by atoms with Crippen molar-refractivity contribution >= 4 is 56.6 Å². The Morgan fingerprint density at radius 3 is 2.07 bits per heavy atom. The molecule has 0 bridgehead atoms. The molecule has 0 aliphatic heterocycles. The van der Waals surface area contributed by atoms with Gasteiger partial charge in [0.25, 0.3) is 11.1 Å². The number of carbonyl (C=O) groups is 3. The number of nitrogens with zero attached hydrogens (tertiary/aromatic N) is 2. The Kier molecular flexibility index (Phi) is 11.2. The number of carboxylic acids is 2. The highest BCUT2D eigenvalue weighted by atomic mass is 32.1. The van der Waals surface area contributed by atoms with E-state index in [0.29, 0.717) is 32.7 Å². The molecular formula is C25H21F6N5O6S. The first kappa shape index (κ1) is 34.1. The van der Waals surface area contributed by atoms with E-state index in [-0.39, 0.29) is 5.56 Å². The second kappa shape index (κ2) is 14.2. The Balaban J connectivity index is 0.000000384. The van der Waals surface area contributed by atoms with E-state index in [1.807, 2.05) is 24.3 Å². The molecule has 11 nitrogen and oxygen atoms in total. The van der Waals surface area contributed by atoms with Gasteiger partial charge in [0.05, 0.1) is 11.3 Å². The van der Waals surface area contributed by atoms with Crippen LogP contribution in [0.1, 0.15) is 22.8 Å². The van der Waals surface area contributed by atoms with Gasteiger partial charge < -0.3 is 31.7 Å². The number of primary amides is 1. The van der Waals surface area contributed by atoms with Gasteiger partial charge in [-0.1, -0.05) is 42.5 Å². The van der Waals surface area contributed by atoms with Crippen LogP contribution in [0.4, 0.5) is 43.4 Å². The molecule has 0 saturated carbocycles. The number of thiazole rings is 1. The summed E-state index contributed by atoms with van der Waals surface area (Å²) >= 11 is 1.28. The number of anilines is 3. The predicted octanol–water partition coefficient (Wildman–Crippen LogP) is 5.74. The van der Waals surface area contributed by atoms with Crippen molar-refractivity contribution in [1.82, 2.24) is 9.97 Å². The number of nitrogens with one attached hydrogen (secondary N) is 1. The molecule has 2 aromatic carbocycles. The quantitative estimate of drug-likeness (QED) is 0.129. The fraction of sp³-hybridized carbons (Fsp3) is 0.160. The van der Waals surface area contributed by atoms with Gasteiger partial charge in [0.2, 0.25) is 0 Å². The number of nitrogen functional groups attached to an aromatic ring is 1. The number of fused-ring (bicyclic) bond motifs is 1. The lowest BCUT2D eigenvalue weighted by atomic mass is 10.1. The number of benzene rings is 2. The van der Waals surface area contributed by atoms with Crippen LogP contribution < -0.4 is 21.5 Å². The summed E-state index contributed by atoms with van der Waals surface area (Å²) in [5, 5.41) is 18.0. The standard InChI is InChI=1S/C21H19N5O2S.2C2HF3O2/c1-2-12-6-3-4-9-16(12)25-17-15(19(23)27)11-24-20-18(17)26-21(29-20)28-14-8-5-7-13(22)10-14;2*3-2(4,5)1(6)7/h3-11H,2,22H2,1H3,(H2,23,27)(H,24,25);2*(H,6,7). The summed E-state index contributed by atoms with van der Waals surface area (Å²) in [7, 11) is 0. The monoisotopic (exact) mass is 633 g/mol. The highest BCUT2D eigenvalue weighted by Crippen LogP contribution is 2.37. The molecule has 0 aliphatic rings. The number of alkyl halides is 6. The number of hydrogen-bond acceptors (Lipinski definition) is 9. The van der Waals surface area contributed by atoms with Crippen molar-refractivity contribution in [1.29, 1.82) is 0 Å². The van der Waals surface area contributed by atoms with Crippen molar-refractivity contribution in [3.05, 3.63) is 65.9 Å². The number of hydrogen-bond donors (Lipinski definition) is 5. The minimum Gasteiger partial charge on any atom is -0.475 e. The molecule has 4 aromatic rings. The SMILES string of the molecule is CCc1ccccc1Nc1c(C(N)=O)cnc2sc(Oc3cccc(N)c3)nc12.O=C(O)C(F)(F)F.O=C(O)C(F)(F)F. The molecule has 0 aliphatic carbocycles. The Hall–Kier alpha value is -5.13. The van der Waals surface area contributed by atoms with Crippen LogP contribution in [-0.4, -0.2) is 50.4 Å². The Labute approximate surface area is 241 Å². The van der Waals surface area contributed by atoms with E-state index >= 15 is 0 Å². The molecule has 0 fully saturated rings. The van der Waals surface area contributed by atoms with Gasteiger partial charge in [-0.3, -0.25) is 4.79 Å². The maximum Gasteiger partial charge on any atom is 0.490 e. The van der Waals surface area contributed by atoms with E-state index in [1.54, 1.807) is 24.3 Å². The number of carbonyl (C=O) groups excluding carboxylic acids is 1. The van der Waals surface area contributed by atoms with E-state index in [0.717, 1.165) is 17.7 Å². The van der Waals surface area contributed by atoms with E-state index in [2.05, 4.69) is 22.2 Å². The zero-order chi connectivity index (χ0) is 32.5. The van der Waals surface area contributed by atoms with E-state index in [1.165, 1.54) is 17.5 Å². The summed E-state index contributed by atoms with van der Waals surface area (Å²) in [6.07, 6.45) is -7.87. The lowest BCUT2D eigenvalue weighted by Crippen LogP contribution is -2.21. The van der Waals surface area contributed by atoms with Crippen molar-refractivity contribution in [2.75, 3.05) is 11.1 Å². The third-order valence-electron chi connectivity index (χ3n) is 4.88. The molecule has 1 amide bonds. The van der Waals surface area contributed by atoms with Crippen LogP contribution >= 0.6 is 11.3 Å². The Bertz CT molecular complexity index is 1590. The number of aryl methyl sites for hydroxylation is 1. The normalized spacial score (nSPS) is 11.0. The number of pyridine rings is 1. The van der Waals surface area contributed by atoms with Gasteiger partial charge in [-0.15, -0.1) is 0 Å². The maximum absolute atomic E-state index is 12.0. The molecule has 43 heavy (non-hydrogen) atoms. The van der Waals surface area contributed by atoms with Crippen LogP contribution in [0.3, 0.4) is 0 Å². The second-order valence-corrected chi connectivity index (χ2v) is 8.90. The van der Waals surface area contributed by atoms with Crippen LogP contribution in [-0.2, 0) is 16.0 Å². The zero-order valence-electron chi connectivity index (χ0n) is 21.7. The van der Waals surface area contributed by atoms with Crippen molar-refractivity contribution in [3.8, 4) is 10.9 Å². The first-order valence-electron chi connectivity index (χ1n) is 11.5. The molecule has 2 aromatic heterocycles. The molecule has 0 spiro atoms. The summed E-state index contributed by atoms with van der Waals surface area (Å²) in [6, 6.07) is 15.0. The lowest BCUT2D eigenvalue weighted by molar-refractivity contribution is -0.193. The van der Waals surface area contributed by atoms with E-state index in [9.17, 15) is 31.1 Å². The average Bonchev–Trinajstić information content (AvgIpc) is 3.31. The van der Waals surface area contributed by atoms with Crippen LogP contribution in [0.5, 0.6) is 10.9 Å².